The number of carbonyl (C=O) groups is 2. The minimum atomic E-state index is -0.236. The molecule has 2 amide bonds. The van der Waals surface area contributed by atoms with Gasteiger partial charge in [-0.1, -0.05) is 24.3 Å². The molecule has 1 aromatic heterocycles. The molecule has 0 saturated heterocycles. The Bertz CT molecular complexity index is 681. The van der Waals surface area contributed by atoms with E-state index in [1.165, 1.54) is 12.3 Å². The van der Waals surface area contributed by atoms with Gasteiger partial charge in [-0.05, 0) is 36.8 Å². The molecule has 2 N–H and O–H groups in total. The number of nitrogens with zero attached hydrogens (tertiary/aromatic N) is 1. The summed E-state index contributed by atoms with van der Waals surface area (Å²) in [5, 5.41) is 5.60. The number of hydrogen-bond acceptors (Lipinski definition) is 3. The first kappa shape index (κ1) is 15.4. The highest BCUT2D eigenvalue weighted by Crippen LogP contribution is 2.16. The average molecular weight is 295 g/mol. The second-order valence-corrected chi connectivity index (χ2v) is 4.57. The Hall–Kier alpha value is -2.95. The van der Waals surface area contributed by atoms with Crippen molar-refractivity contribution in [1.29, 1.82) is 0 Å². The topological polar surface area (TPSA) is 71.1 Å². The summed E-state index contributed by atoms with van der Waals surface area (Å²) in [4.78, 5) is 27.6. The van der Waals surface area contributed by atoms with E-state index in [1.54, 1.807) is 37.4 Å². The highest BCUT2D eigenvalue weighted by Gasteiger charge is 2.09. The maximum absolute atomic E-state index is 12.2. The SMILES string of the molecule is C/C=C/C(=O)NCc1ccccc1NC(=O)c1cccnc1. The van der Waals surface area contributed by atoms with Crippen molar-refractivity contribution in [3.05, 3.63) is 72.1 Å². The van der Waals surface area contributed by atoms with E-state index >= 15 is 0 Å². The van der Waals surface area contributed by atoms with E-state index in [1.807, 2.05) is 18.2 Å². The largest absolute Gasteiger partial charge is 0.348 e. The number of anilines is 1. The van der Waals surface area contributed by atoms with Crippen LogP contribution in [-0.2, 0) is 11.3 Å². The molecule has 112 valence electrons. The maximum Gasteiger partial charge on any atom is 0.257 e. The van der Waals surface area contributed by atoms with Crippen molar-refractivity contribution >= 4 is 17.5 Å². The first-order valence-electron chi connectivity index (χ1n) is 6.90. The summed E-state index contributed by atoms with van der Waals surface area (Å²) in [6.45, 7) is 2.12. The Morgan fingerprint density at radius 1 is 1.18 bits per heavy atom. The molecule has 1 heterocycles. The zero-order valence-corrected chi connectivity index (χ0v) is 12.2. The van der Waals surface area contributed by atoms with Gasteiger partial charge in [-0.15, -0.1) is 0 Å². The lowest BCUT2D eigenvalue weighted by Gasteiger charge is -2.11. The van der Waals surface area contributed by atoms with Gasteiger partial charge < -0.3 is 10.6 Å². The second kappa shape index (κ2) is 7.73. The third kappa shape index (κ3) is 4.28. The van der Waals surface area contributed by atoms with Gasteiger partial charge in [0.05, 0.1) is 5.56 Å². The predicted molar refractivity (Wildman–Crippen MR) is 85.3 cm³/mol. The van der Waals surface area contributed by atoms with Crippen molar-refractivity contribution in [1.82, 2.24) is 10.3 Å². The van der Waals surface area contributed by atoms with Crippen LogP contribution in [0, 0.1) is 0 Å². The maximum atomic E-state index is 12.2. The highest BCUT2D eigenvalue weighted by molar-refractivity contribution is 6.04. The van der Waals surface area contributed by atoms with Crippen molar-refractivity contribution < 1.29 is 9.59 Å². The Morgan fingerprint density at radius 2 is 2.00 bits per heavy atom. The van der Waals surface area contributed by atoms with Crippen molar-refractivity contribution in [2.45, 2.75) is 13.5 Å². The van der Waals surface area contributed by atoms with Gasteiger partial charge in [-0.2, -0.15) is 0 Å². The Labute approximate surface area is 129 Å². The molecule has 5 nitrogen and oxygen atoms in total. The first-order chi connectivity index (χ1) is 10.7. The van der Waals surface area contributed by atoms with Crippen LogP contribution in [0.3, 0.4) is 0 Å². The van der Waals surface area contributed by atoms with Gasteiger partial charge in [0.25, 0.3) is 5.91 Å². The fourth-order valence-electron chi connectivity index (χ4n) is 1.88. The lowest BCUT2D eigenvalue weighted by atomic mass is 10.1. The summed E-state index contributed by atoms with van der Waals surface area (Å²) in [5.74, 6) is -0.406. The molecular formula is C17H17N3O2. The molecular weight excluding hydrogens is 278 g/mol. The van der Waals surface area contributed by atoms with E-state index in [-0.39, 0.29) is 11.8 Å². The second-order valence-electron chi connectivity index (χ2n) is 4.57. The van der Waals surface area contributed by atoms with E-state index in [0.717, 1.165) is 5.56 Å². The molecule has 0 radical (unpaired) electrons. The van der Waals surface area contributed by atoms with Gasteiger partial charge in [-0.3, -0.25) is 14.6 Å². The van der Waals surface area contributed by atoms with E-state index in [0.29, 0.717) is 17.8 Å². The van der Waals surface area contributed by atoms with Crippen LogP contribution in [0.15, 0.2) is 60.9 Å². The highest BCUT2D eigenvalue weighted by atomic mass is 16.2. The summed E-state index contributed by atoms with van der Waals surface area (Å²) in [6.07, 6.45) is 6.25. The predicted octanol–water partition coefficient (Wildman–Crippen LogP) is 2.53. The number of amides is 2. The normalized spacial score (nSPS) is 10.4. The van der Waals surface area contributed by atoms with Crippen LogP contribution in [-0.4, -0.2) is 16.8 Å². The van der Waals surface area contributed by atoms with Crippen LogP contribution < -0.4 is 10.6 Å². The first-order valence-corrected chi connectivity index (χ1v) is 6.90. The summed E-state index contributed by atoms with van der Waals surface area (Å²) >= 11 is 0. The van der Waals surface area contributed by atoms with E-state index in [2.05, 4.69) is 15.6 Å². The smallest absolute Gasteiger partial charge is 0.257 e. The van der Waals surface area contributed by atoms with Crippen LogP contribution in [0.1, 0.15) is 22.8 Å². The molecule has 1 aromatic carbocycles. The summed E-state index contributed by atoms with van der Waals surface area (Å²) in [7, 11) is 0. The summed E-state index contributed by atoms with van der Waals surface area (Å²) < 4.78 is 0. The third-order valence-corrected chi connectivity index (χ3v) is 2.96. The molecule has 0 bridgehead atoms. The molecule has 2 aromatic rings. The van der Waals surface area contributed by atoms with Crippen molar-refractivity contribution in [3.8, 4) is 0 Å². The Balaban J connectivity index is 2.08. The number of allylic oxidation sites excluding steroid dienone is 1. The van der Waals surface area contributed by atoms with Gasteiger partial charge in [0.1, 0.15) is 0 Å². The number of hydrogen-bond donors (Lipinski definition) is 2. The average Bonchev–Trinajstić information content (AvgIpc) is 2.55. The Kier molecular flexibility index (Phi) is 5.43. The van der Waals surface area contributed by atoms with Crippen LogP contribution in [0.25, 0.3) is 0 Å². The van der Waals surface area contributed by atoms with Crippen LogP contribution in [0.2, 0.25) is 0 Å². The molecule has 5 heteroatoms. The number of rotatable bonds is 5. The van der Waals surface area contributed by atoms with E-state index < -0.39 is 0 Å². The number of nitrogens with one attached hydrogen (secondary N) is 2. The Morgan fingerprint density at radius 3 is 2.73 bits per heavy atom. The standard InChI is InChI=1S/C17H17N3O2/c1-2-6-16(21)19-12-13-7-3-4-9-15(13)20-17(22)14-8-5-10-18-11-14/h2-11H,12H2,1H3,(H,19,21)(H,20,22)/b6-2+. The van der Waals surface area contributed by atoms with Gasteiger partial charge in [0.15, 0.2) is 0 Å². The molecule has 22 heavy (non-hydrogen) atoms. The molecule has 0 unspecified atom stereocenters. The number of para-hydroxylation sites is 1. The minimum Gasteiger partial charge on any atom is -0.348 e. The van der Waals surface area contributed by atoms with Gasteiger partial charge >= 0.3 is 0 Å². The van der Waals surface area contributed by atoms with Gasteiger partial charge in [0.2, 0.25) is 5.91 Å². The quantitative estimate of drug-likeness (QED) is 0.833. The van der Waals surface area contributed by atoms with Gasteiger partial charge in [-0.25, -0.2) is 0 Å². The number of aromatic nitrogens is 1. The molecule has 2 rings (SSSR count). The lowest BCUT2D eigenvalue weighted by molar-refractivity contribution is -0.116. The molecule has 0 saturated carbocycles. The summed E-state index contributed by atoms with van der Waals surface area (Å²) in [6, 6.07) is 10.7. The van der Waals surface area contributed by atoms with E-state index in [9.17, 15) is 9.59 Å². The zero-order valence-electron chi connectivity index (χ0n) is 12.2. The molecule has 0 aliphatic heterocycles. The van der Waals surface area contributed by atoms with Crippen molar-refractivity contribution in [3.63, 3.8) is 0 Å². The van der Waals surface area contributed by atoms with Gasteiger partial charge in [0, 0.05) is 24.6 Å². The van der Waals surface area contributed by atoms with Crippen LogP contribution in [0.5, 0.6) is 0 Å². The third-order valence-electron chi connectivity index (χ3n) is 2.96. The van der Waals surface area contributed by atoms with E-state index in [4.69, 9.17) is 0 Å². The van der Waals surface area contributed by atoms with Crippen molar-refractivity contribution in [2.24, 2.45) is 0 Å². The number of carbonyl (C=O) groups excluding carboxylic acids is 2. The monoisotopic (exact) mass is 295 g/mol. The fourth-order valence-corrected chi connectivity index (χ4v) is 1.88. The zero-order chi connectivity index (χ0) is 15.8. The number of pyridine rings is 1. The number of benzene rings is 1. The van der Waals surface area contributed by atoms with Crippen molar-refractivity contribution in [2.75, 3.05) is 5.32 Å². The van der Waals surface area contributed by atoms with Crippen LogP contribution in [0.4, 0.5) is 5.69 Å². The lowest BCUT2D eigenvalue weighted by Crippen LogP contribution is -2.22. The summed E-state index contributed by atoms with van der Waals surface area (Å²) in [5.41, 5.74) is 1.98. The molecule has 0 spiro atoms. The molecule has 0 aliphatic carbocycles. The van der Waals surface area contributed by atoms with Crippen LogP contribution >= 0.6 is 0 Å². The minimum absolute atomic E-state index is 0.170. The fraction of sp³-hybridized carbons (Fsp3) is 0.118. The molecule has 0 aliphatic rings. The molecule has 0 atom stereocenters. The molecule has 0 fully saturated rings.